The summed E-state index contributed by atoms with van der Waals surface area (Å²) in [4.78, 5) is 6.67. The molecule has 0 aliphatic heterocycles. The third-order valence-electron chi connectivity index (χ3n) is 3.94. The van der Waals surface area contributed by atoms with Crippen molar-refractivity contribution in [1.82, 2.24) is 10.6 Å². The van der Waals surface area contributed by atoms with Crippen LogP contribution in [0.25, 0.3) is 0 Å². The Morgan fingerprint density at radius 3 is 2.32 bits per heavy atom. The molecule has 0 saturated heterocycles. The molecular weight excluding hydrogens is 427 g/mol. The van der Waals surface area contributed by atoms with Crippen molar-refractivity contribution < 1.29 is 4.74 Å². The highest BCUT2D eigenvalue weighted by molar-refractivity contribution is 14.0. The van der Waals surface area contributed by atoms with Crippen LogP contribution in [-0.2, 0) is 4.74 Å². The van der Waals surface area contributed by atoms with E-state index in [0.717, 1.165) is 58.0 Å². The van der Waals surface area contributed by atoms with E-state index in [1.807, 2.05) is 7.05 Å². The number of ether oxygens (including phenoxy) is 1. The van der Waals surface area contributed by atoms with E-state index in [1.165, 1.54) is 12.1 Å². The molecule has 0 heterocycles. The number of nitrogens with zero attached hydrogens (tertiary/aromatic N) is 2. The molecule has 0 atom stereocenters. The van der Waals surface area contributed by atoms with E-state index in [2.05, 4.69) is 57.8 Å². The molecule has 0 radical (unpaired) electrons. The Kier molecular flexibility index (Phi) is 15.8. The molecule has 0 aliphatic carbocycles. The third-order valence-corrected chi connectivity index (χ3v) is 3.94. The zero-order chi connectivity index (χ0) is 17.5. The number of aliphatic imine (C=N–C) groups is 1. The molecule has 1 aromatic rings. The highest BCUT2D eigenvalue weighted by Crippen LogP contribution is 2.12. The molecule has 2 N–H and O–H groups in total. The van der Waals surface area contributed by atoms with Crippen LogP contribution in [0.5, 0.6) is 0 Å². The Balaban J connectivity index is 0.00000576. The van der Waals surface area contributed by atoms with E-state index >= 15 is 0 Å². The van der Waals surface area contributed by atoms with E-state index < -0.39 is 0 Å². The van der Waals surface area contributed by atoms with Crippen LogP contribution in [0.2, 0.25) is 0 Å². The summed E-state index contributed by atoms with van der Waals surface area (Å²) in [7, 11) is 3.57. The fourth-order valence-electron chi connectivity index (χ4n) is 2.56. The van der Waals surface area contributed by atoms with E-state index in [0.29, 0.717) is 0 Å². The second kappa shape index (κ2) is 16.4. The van der Waals surface area contributed by atoms with Crippen LogP contribution < -0.4 is 15.5 Å². The Morgan fingerprint density at radius 1 is 1.04 bits per heavy atom. The van der Waals surface area contributed by atoms with Gasteiger partial charge in [0.25, 0.3) is 0 Å². The van der Waals surface area contributed by atoms with E-state index in [1.54, 1.807) is 7.11 Å². The number of halogens is 1. The minimum atomic E-state index is 0. The molecule has 25 heavy (non-hydrogen) atoms. The molecular formula is C19H35IN4O. The van der Waals surface area contributed by atoms with Crippen molar-refractivity contribution in [3.8, 4) is 0 Å². The van der Waals surface area contributed by atoms with Gasteiger partial charge in [0, 0.05) is 52.6 Å². The summed E-state index contributed by atoms with van der Waals surface area (Å²) in [5.74, 6) is 0.893. The van der Waals surface area contributed by atoms with Crippen molar-refractivity contribution in [3.63, 3.8) is 0 Å². The predicted octanol–water partition coefficient (Wildman–Crippen LogP) is 3.50. The van der Waals surface area contributed by atoms with Crippen molar-refractivity contribution >= 4 is 35.6 Å². The van der Waals surface area contributed by atoms with E-state index in [9.17, 15) is 0 Å². The number of benzene rings is 1. The lowest BCUT2D eigenvalue weighted by molar-refractivity contribution is 0.192. The standard InChI is InChI=1S/C19H34N4O.HI/c1-4-23(18-12-7-5-8-13-18)16-11-15-22-19(20-2)21-14-9-6-10-17-24-3;/h5,7-8,12-13H,4,6,9-11,14-17H2,1-3H3,(H2,20,21,22);1H. The molecule has 0 amide bonds. The van der Waals surface area contributed by atoms with Gasteiger partial charge in [0.05, 0.1) is 0 Å². The van der Waals surface area contributed by atoms with Crippen molar-refractivity contribution in [2.24, 2.45) is 4.99 Å². The number of para-hydroxylation sites is 1. The lowest BCUT2D eigenvalue weighted by Gasteiger charge is -2.23. The first kappa shape index (κ1) is 24.0. The second-order valence-electron chi connectivity index (χ2n) is 5.75. The monoisotopic (exact) mass is 462 g/mol. The molecule has 0 aromatic heterocycles. The maximum atomic E-state index is 5.06. The summed E-state index contributed by atoms with van der Waals surface area (Å²) in [5.41, 5.74) is 1.29. The molecule has 0 fully saturated rings. The zero-order valence-corrected chi connectivity index (χ0v) is 18.3. The summed E-state index contributed by atoms with van der Waals surface area (Å²) < 4.78 is 5.06. The molecule has 0 saturated carbocycles. The van der Waals surface area contributed by atoms with E-state index in [-0.39, 0.29) is 24.0 Å². The van der Waals surface area contributed by atoms with Gasteiger partial charge in [-0.05, 0) is 44.7 Å². The molecule has 6 heteroatoms. The molecule has 144 valence electrons. The molecule has 0 aliphatic rings. The number of hydrogen-bond donors (Lipinski definition) is 2. The van der Waals surface area contributed by atoms with Crippen LogP contribution in [0.3, 0.4) is 0 Å². The van der Waals surface area contributed by atoms with Gasteiger partial charge in [0.1, 0.15) is 0 Å². The van der Waals surface area contributed by atoms with Crippen molar-refractivity contribution in [2.75, 3.05) is 51.8 Å². The molecule has 5 nitrogen and oxygen atoms in total. The highest BCUT2D eigenvalue weighted by Gasteiger charge is 2.03. The van der Waals surface area contributed by atoms with E-state index in [4.69, 9.17) is 4.74 Å². The number of hydrogen-bond acceptors (Lipinski definition) is 3. The van der Waals surface area contributed by atoms with Gasteiger partial charge in [-0.15, -0.1) is 24.0 Å². The number of unbranched alkanes of at least 4 members (excludes halogenated alkanes) is 2. The van der Waals surface area contributed by atoms with Crippen LogP contribution in [0.1, 0.15) is 32.6 Å². The number of anilines is 1. The summed E-state index contributed by atoms with van der Waals surface area (Å²) in [6, 6.07) is 10.6. The van der Waals surface area contributed by atoms with Crippen molar-refractivity contribution in [1.29, 1.82) is 0 Å². The fourth-order valence-corrected chi connectivity index (χ4v) is 2.56. The van der Waals surface area contributed by atoms with Gasteiger partial charge in [-0.1, -0.05) is 18.2 Å². The summed E-state index contributed by atoms with van der Waals surface area (Å²) in [6.45, 7) is 6.99. The van der Waals surface area contributed by atoms with Crippen LogP contribution >= 0.6 is 24.0 Å². The van der Waals surface area contributed by atoms with Gasteiger partial charge in [-0.3, -0.25) is 4.99 Å². The molecule has 1 rings (SSSR count). The Bertz CT molecular complexity index is 442. The maximum Gasteiger partial charge on any atom is 0.190 e. The molecule has 0 spiro atoms. The topological polar surface area (TPSA) is 48.9 Å². The van der Waals surface area contributed by atoms with Crippen molar-refractivity contribution in [2.45, 2.75) is 32.6 Å². The number of methoxy groups -OCH3 is 1. The van der Waals surface area contributed by atoms with Gasteiger partial charge in [0.15, 0.2) is 5.96 Å². The number of nitrogens with one attached hydrogen (secondary N) is 2. The first-order chi connectivity index (χ1) is 11.8. The van der Waals surface area contributed by atoms with Gasteiger partial charge < -0.3 is 20.3 Å². The smallest absolute Gasteiger partial charge is 0.190 e. The number of rotatable bonds is 12. The summed E-state index contributed by atoms with van der Waals surface area (Å²) in [6.07, 6.45) is 4.52. The predicted molar refractivity (Wildman–Crippen MR) is 119 cm³/mol. The van der Waals surface area contributed by atoms with Crippen LogP contribution in [-0.4, -0.2) is 52.9 Å². The van der Waals surface area contributed by atoms with Gasteiger partial charge in [-0.2, -0.15) is 0 Å². The van der Waals surface area contributed by atoms with Crippen molar-refractivity contribution in [3.05, 3.63) is 30.3 Å². The normalized spacial score (nSPS) is 10.9. The SMILES string of the molecule is CCN(CCCNC(=NC)NCCCCCOC)c1ccccc1.I. The Hall–Kier alpha value is -1.02. The summed E-state index contributed by atoms with van der Waals surface area (Å²) in [5, 5.41) is 6.75. The minimum Gasteiger partial charge on any atom is -0.385 e. The molecule has 1 aromatic carbocycles. The highest BCUT2D eigenvalue weighted by atomic mass is 127. The minimum absolute atomic E-state index is 0. The Labute approximate surface area is 170 Å². The lowest BCUT2D eigenvalue weighted by atomic mass is 10.2. The average Bonchev–Trinajstić information content (AvgIpc) is 2.63. The van der Waals surface area contributed by atoms with Crippen LogP contribution in [0, 0.1) is 0 Å². The Morgan fingerprint density at radius 2 is 1.72 bits per heavy atom. The average molecular weight is 462 g/mol. The number of guanidine groups is 1. The largest absolute Gasteiger partial charge is 0.385 e. The quantitative estimate of drug-likeness (QED) is 0.216. The van der Waals surface area contributed by atoms with Gasteiger partial charge >= 0.3 is 0 Å². The maximum absolute atomic E-state index is 5.06. The first-order valence-electron chi connectivity index (χ1n) is 9.05. The molecule has 0 unspecified atom stereocenters. The molecule has 0 bridgehead atoms. The summed E-state index contributed by atoms with van der Waals surface area (Å²) >= 11 is 0. The van der Waals surface area contributed by atoms with Crippen LogP contribution in [0.4, 0.5) is 5.69 Å². The van der Waals surface area contributed by atoms with Gasteiger partial charge in [-0.25, -0.2) is 0 Å². The third kappa shape index (κ3) is 11.3. The fraction of sp³-hybridized carbons (Fsp3) is 0.632. The van der Waals surface area contributed by atoms with Crippen LogP contribution in [0.15, 0.2) is 35.3 Å². The van der Waals surface area contributed by atoms with Gasteiger partial charge in [0.2, 0.25) is 0 Å². The second-order valence-corrected chi connectivity index (χ2v) is 5.75. The first-order valence-corrected chi connectivity index (χ1v) is 9.05. The zero-order valence-electron chi connectivity index (χ0n) is 16.0. The lowest BCUT2D eigenvalue weighted by Crippen LogP contribution is -2.39.